The van der Waals surface area contributed by atoms with Crippen molar-refractivity contribution < 1.29 is 9.53 Å². The van der Waals surface area contributed by atoms with Crippen molar-refractivity contribution in [3.05, 3.63) is 29.8 Å². The third-order valence-electron chi connectivity index (χ3n) is 2.47. The zero-order chi connectivity index (χ0) is 14.4. The maximum absolute atomic E-state index is 11.2. The van der Waals surface area contributed by atoms with Crippen molar-refractivity contribution in [3.63, 3.8) is 0 Å². The molecule has 0 saturated heterocycles. The fourth-order valence-corrected chi connectivity index (χ4v) is 3.14. The quantitative estimate of drug-likeness (QED) is 0.656. The van der Waals surface area contributed by atoms with Crippen LogP contribution in [0.15, 0.2) is 28.6 Å². The lowest BCUT2D eigenvalue weighted by atomic mass is 10.2. The Morgan fingerprint density at radius 2 is 2.30 bits per heavy atom. The maximum Gasteiger partial charge on any atom is 0.225 e. The Hall–Kier alpha value is -1.60. The third kappa shape index (κ3) is 4.21. The molecule has 0 aliphatic heterocycles. The average Bonchev–Trinajstić information content (AvgIpc) is 2.92. The number of benzene rings is 1. The zero-order valence-corrected chi connectivity index (χ0v) is 12.9. The first-order valence-electron chi connectivity index (χ1n) is 6.10. The molecule has 0 aliphatic carbocycles. The first kappa shape index (κ1) is 14.8. The molecule has 2 rings (SSSR count). The van der Waals surface area contributed by atoms with Gasteiger partial charge in [0.1, 0.15) is 5.75 Å². The van der Waals surface area contributed by atoms with Gasteiger partial charge in [-0.1, -0.05) is 42.2 Å². The molecule has 0 spiro atoms. The van der Waals surface area contributed by atoms with E-state index in [2.05, 4.69) is 15.5 Å². The second kappa shape index (κ2) is 7.25. The molecule has 1 heterocycles. The van der Waals surface area contributed by atoms with E-state index in [1.54, 1.807) is 25.8 Å². The molecular weight excluding hydrogens is 294 g/mol. The number of hydrogen-bond acceptors (Lipinski definition) is 6. The summed E-state index contributed by atoms with van der Waals surface area (Å²) in [5, 5.41) is 11.2. The standard InChI is InChI=1S/C13H15N3O2S2/c1-3-11(17)14-12-15-16-13(20-12)19-8-9-5-4-6-10(7-9)18-2/h4-7H,3,8H2,1-2H3,(H,14,15,17). The van der Waals surface area contributed by atoms with E-state index in [0.717, 1.165) is 21.4 Å². The molecule has 0 bridgehead atoms. The van der Waals surface area contributed by atoms with Crippen LogP contribution in [0.4, 0.5) is 5.13 Å². The predicted octanol–water partition coefficient (Wildman–Crippen LogP) is 3.19. The Bertz CT molecular complexity index is 587. The lowest BCUT2D eigenvalue weighted by molar-refractivity contribution is -0.115. The number of anilines is 1. The molecule has 7 heteroatoms. The van der Waals surface area contributed by atoms with E-state index in [1.165, 1.54) is 11.3 Å². The summed E-state index contributed by atoms with van der Waals surface area (Å²) in [4.78, 5) is 11.2. The molecule has 0 aliphatic rings. The first-order chi connectivity index (χ1) is 9.71. The van der Waals surface area contributed by atoms with E-state index >= 15 is 0 Å². The summed E-state index contributed by atoms with van der Waals surface area (Å²) in [6.45, 7) is 1.80. The molecule has 0 atom stereocenters. The fourth-order valence-electron chi connectivity index (χ4n) is 1.43. The van der Waals surface area contributed by atoms with Crippen LogP contribution in [-0.2, 0) is 10.5 Å². The summed E-state index contributed by atoms with van der Waals surface area (Å²) in [7, 11) is 1.65. The summed E-state index contributed by atoms with van der Waals surface area (Å²) < 4.78 is 6.02. The van der Waals surface area contributed by atoms with Gasteiger partial charge in [-0.3, -0.25) is 4.79 Å². The molecule has 0 saturated carbocycles. The number of rotatable bonds is 6. The highest BCUT2D eigenvalue weighted by atomic mass is 32.2. The minimum Gasteiger partial charge on any atom is -0.497 e. The smallest absolute Gasteiger partial charge is 0.225 e. The Morgan fingerprint density at radius 1 is 1.45 bits per heavy atom. The highest BCUT2D eigenvalue weighted by molar-refractivity contribution is 8.00. The number of ether oxygens (including phenoxy) is 1. The van der Waals surface area contributed by atoms with Crippen molar-refractivity contribution in [2.75, 3.05) is 12.4 Å². The van der Waals surface area contributed by atoms with Gasteiger partial charge in [0.2, 0.25) is 11.0 Å². The summed E-state index contributed by atoms with van der Waals surface area (Å²) >= 11 is 2.97. The Kier molecular flexibility index (Phi) is 5.37. The Balaban J connectivity index is 1.92. The number of nitrogens with one attached hydrogen (secondary N) is 1. The molecule has 1 aromatic heterocycles. The second-order valence-electron chi connectivity index (χ2n) is 3.92. The summed E-state index contributed by atoms with van der Waals surface area (Å²) in [5.41, 5.74) is 1.16. The lowest BCUT2D eigenvalue weighted by Crippen LogP contribution is -2.08. The van der Waals surface area contributed by atoms with Crippen LogP contribution >= 0.6 is 23.1 Å². The normalized spacial score (nSPS) is 10.3. The number of methoxy groups -OCH3 is 1. The van der Waals surface area contributed by atoms with Crippen molar-refractivity contribution in [1.82, 2.24) is 10.2 Å². The van der Waals surface area contributed by atoms with Crippen LogP contribution < -0.4 is 10.1 Å². The first-order valence-corrected chi connectivity index (χ1v) is 7.90. The number of nitrogens with zero attached hydrogens (tertiary/aromatic N) is 2. The van der Waals surface area contributed by atoms with E-state index in [9.17, 15) is 4.79 Å². The highest BCUT2D eigenvalue weighted by Gasteiger charge is 2.07. The van der Waals surface area contributed by atoms with Gasteiger partial charge in [-0.05, 0) is 17.7 Å². The predicted molar refractivity (Wildman–Crippen MR) is 81.4 cm³/mol. The van der Waals surface area contributed by atoms with E-state index in [4.69, 9.17) is 4.74 Å². The van der Waals surface area contributed by atoms with Crippen molar-refractivity contribution >= 4 is 34.1 Å². The fraction of sp³-hybridized carbons (Fsp3) is 0.308. The van der Waals surface area contributed by atoms with E-state index < -0.39 is 0 Å². The van der Waals surface area contributed by atoms with Crippen molar-refractivity contribution in [1.29, 1.82) is 0 Å². The van der Waals surface area contributed by atoms with Crippen LogP contribution in [-0.4, -0.2) is 23.2 Å². The zero-order valence-electron chi connectivity index (χ0n) is 11.3. The summed E-state index contributed by atoms with van der Waals surface area (Å²) in [5.74, 6) is 1.58. The van der Waals surface area contributed by atoms with E-state index in [0.29, 0.717) is 11.6 Å². The van der Waals surface area contributed by atoms with E-state index in [-0.39, 0.29) is 5.91 Å². The number of carbonyl (C=O) groups is 1. The van der Waals surface area contributed by atoms with Gasteiger partial charge >= 0.3 is 0 Å². The van der Waals surface area contributed by atoms with Gasteiger partial charge in [0, 0.05) is 12.2 Å². The molecule has 106 valence electrons. The SMILES string of the molecule is CCC(=O)Nc1nnc(SCc2cccc(OC)c2)s1. The van der Waals surface area contributed by atoms with Gasteiger partial charge in [0.15, 0.2) is 4.34 Å². The molecule has 20 heavy (non-hydrogen) atoms. The number of thioether (sulfide) groups is 1. The van der Waals surface area contributed by atoms with Crippen molar-refractivity contribution in [2.24, 2.45) is 0 Å². The third-order valence-corrected chi connectivity index (χ3v) is 4.51. The average molecular weight is 309 g/mol. The number of hydrogen-bond donors (Lipinski definition) is 1. The molecule has 0 radical (unpaired) electrons. The van der Waals surface area contributed by atoms with Crippen LogP contribution in [0.2, 0.25) is 0 Å². The number of carbonyl (C=O) groups excluding carboxylic acids is 1. The van der Waals surface area contributed by atoms with Crippen LogP contribution in [0.1, 0.15) is 18.9 Å². The van der Waals surface area contributed by atoms with Gasteiger partial charge in [-0.2, -0.15) is 0 Å². The molecule has 1 N–H and O–H groups in total. The van der Waals surface area contributed by atoms with Crippen LogP contribution in [0.25, 0.3) is 0 Å². The molecule has 2 aromatic rings. The maximum atomic E-state index is 11.2. The van der Waals surface area contributed by atoms with Gasteiger partial charge in [0.05, 0.1) is 7.11 Å². The summed E-state index contributed by atoms with van der Waals surface area (Å²) in [6, 6.07) is 7.91. The topological polar surface area (TPSA) is 64.1 Å². The molecule has 1 aromatic carbocycles. The lowest BCUT2D eigenvalue weighted by Gasteiger charge is -2.02. The number of amides is 1. The van der Waals surface area contributed by atoms with Crippen LogP contribution in [0.5, 0.6) is 5.75 Å². The van der Waals surface area contributed by atoms with Gasteiger partial charge in [-0.25, -0.2) is 0 Å². The second-order valence-corrected chi connectivity index (χ2v) is 6.12. The Morgan fingerprint density at radius 3 is 3.05 bits per heavy atom. The summed E-state index contributed by atoms with van der Waals surface area (Å²) in [6.07, 6.45) is 0.436. The molecule has 0 unspecified atom stereocenters. The van der Waals surface area contributed by atoms with Gasteiger partial charge < -0.3 is 10.1 Å². The van der Waals surface area contributed by atoms with E-state index in [1.807, 2.05) is 24.3 Å². The van der Waals surface area contributed by atoms with Crippen LogP contribution in [0.3, 0.4) is 0 Å². The largest absolute Gasteiger partial charge is 0.497 e. The van der Waals surface area contributed by atoms with Crippen molar-refractivity contribution in [2.45, 2.75) is 23.4 Å². The molecular formula is C13H15N3O2S2. The molecule has 1 amide bonds. The van der Waals surface area contributed by atoms with Gasteiger partial charge in [-0.15, -0.1) is 10.2 Å². The minimum atomic E-state index is -0.0505. The number of aromatic nitrogens is 2. The van der Waals surface area contributed by atoms with Crippen LogP contribution in [0, 0.1) is 0 Å². The highest BCUT2D eigenvalue weighted by Crippen LogP contribution is 2.29. The minimum absolute atomic E-state index is 0.0505. The van der Waals surface area contributed by atoms with Crippen molar-refractivity contribution in [3.8, 4) is 5.75 Å². The molecule has 5 nitrogen and oxygen atoms in total. The molecule has 0 fully saturated rings. The van der Waals surface area contributed by atoms with Gasteiger partial charge in [0.25, 0.3) is 0 Å². The Labute approximate surface area is 125 Å². The monoisotopic (exact) mass is 309 g/mol.